The first-order valence-electron chi connectivity index (χ1n) is 15.6. The van der Waals surface area contributed by atoms with Gasteiger partial charge in [0.05, 0.1) is 0 Å². The van der Waals surface area contributed by atoms with E-state index in [1.807, 2.05) is 72.8 Å². The molecule has 0 aliphatic heterocycles. The molecule has 1 aliphatic carbocycles. The maximum absolute atomic E-state index is 14.1. The van der Waals surface area contributed by atoms with Gasteiger partial charge in [0.2, 0.25) is 0 Å². The van der Waals surface area contributed by atoms with Crippen LogP contribution in [0.15, 0.2) is 177 Å². The molecule has 6 rings (SSSR count). The molecule has 1 aliphatic rings. The maximum atomic E-state index is 14.1. The van der Waals surface area contributed by atoms with Crippen LogP contribution in [-0.4, -0.2) is 12.1 Å². The number of allylic oxidation sites excluding steroid dienone is 2. The zero-order valence-corrected chi connectivity index (χ0v) is 26.7. The topological polar surface area (TPSA) is 26.3 Å². The fraction of sp³-hybridized carbons (Fsp3) is 0.0930. The molecule has 0 heterocycles. The molecule has 3 heteroatoms. The first-order valence-corrected chi connectivity index (χ1v) is 17.0. The summed E-state index contributed by atoms with van der Waals surface area (Å²) in [5.41, 5.74) is 5.98. The molecular formula is C43H37O2P. The number of rotatable bonds is 12. The van der Waals surface area contributed by atoms with Gasteiger partial charge in [0.15, 0.2) is 0 Å². The Bertz CT molecular complexity index is 1770. The van der Waals surface area contributed by atoms with Crippen molar-refractivity contribution >= 4 is 46.5 Å². The third kappa shape index (κ3) is 7.26. The van der Waals surface area contributed by atoms with E-state index >= 15 is 0 Å². The number of carbonyl (C=O) groups is 1. The summed E-state index contributed by atoms with van der Waals surface area (Å²) in [6.07, 6.45) is 6.62. The van der Waals surface area contributed by atoms with Gasteiger partial charge in [-0.3, -0.25) is 4.79 Å². The monoisotopic (exact) mass is 616 g/mol. The average molecular weight is 617 g/mol. The molecule has 2 nitrogen and oxygen atoms in total. The summed E-state index contributed by atoms with van der Waals surface area (Å²) in [6, 6.07) is 50.0. The zero-order valence-electron chi connectivity index (χ0n) is 25.8. The van der Waals surface area contributed by atoms with E-state index in [0.717, 1.165) is 33.4 Å². The van der Waals surface area contributed by atoms with Crippen molar-refractivity contribution in [3.63, 3.8) is 0 Å². The van der Waals surface area contributed by atoms with E-state index in [2.05, 4.69) is 104 Å². The predicted octanol–water partition coefficient (Wildman–Crippen LogP) is 9.13. The van der Waals surface area contributed by atoms with Crippen LogP contribution in [0.5, 0.6) is 0 Å². The van der Waals surface area contributed by atoms with Crippen LogP contribution in [0.4, 0.5) is 0 Å². The molecule has 0 fully saturated rings. The van der Waals surface area contributed by atoms with Crippen LogP contribution < -0.4 is 15.9 Å². The van der Waals surface area contributed by atoms with E-state index in [1.165, 1.54) is 15.9 Å². The first kappa shape index (κ1) is 31.0. The van der Waals surface area contributed by atoms with Crippen LogP contribution in [0.2, 0.25) is 0 Å². The number of hydrogen-bond donors (Lipinski definition) is 0. The van der Waals surface area contributed by atoms with Gasteiger partial charge in [-0.2, -0.15) is 0 Å². The SMILES string of the molecule is C=C(CC(CC(=C)c1ccccc1)OC(=O)C1C=CC=C1c1ccccc1P(c1ccccc1)c1ccccc1)c1ccccc1. The van der Waals surface area contributed by atoms with Crippen LogP contribution in [0, 0.1) is 5.92 Å². The lowest BCUT2D eigenvalue weighted by atomic mass is 9.93. The summed E-state index contributed by atoms with van der Waals surface area (Å²) in [5.74, 6) is -0.771. The molecule has 5 aromatic carbocycles. The standard InChI is InChI=1S/C43H37O2P/c1-32(34-18-7-3-8-19-34)30-36(31-33(2)35-20-9-4-10-21-35)45-43(44)41-28-17-27-39(41)40-26-15-16-29-42(40)46(37-22-11-5-12-23-37)38-24-13-6-14-25-38/h3-29,36,41H,1-2,30-31H2. The molecule has 1 unspecified atom stereocenters. The molecule has 226 valence electrons. The molecule has 0 amide bonds. The first-order chi connectivity index (χ1) is 22.6. The van der Waals surface area contributed by atoms with Crippen molar-refractivity contribution in [2.24, 2.45) is 5.92 Å². The van der Waals surface area contributed by atoms with Crippen molar-refractivity contribution in [3.05, 3.63) is 194 Å². The predicted molar refractivity (Wildman–Crippen MR) is 196 cm³/mol. The number of carbonyl (C=O) groups excluding carboxylic acids is 1. The van der Waals surface area contributed by atoms with E-state index in [4.69, 9.17) is 4.74 Å². The van der Waals surface area contributed by atoms with Gasteiger partial charge < -0.3 is 4.74 Å². The van der Waals surface area contributed by atoms with Gasteiger partial charge in [0, 0.05) is 12.8 Å². The quantitative estimate of drug-likeness (QED) is 0.103. The third-order valence-electron chi connectivity index (χ3n) is 8.25. The van der Waals surface area contributed by atoms with Gasteiger partial charge in [0.25, 0.3) is 0 Å². The minimum absolute atomic E-state index is 0.259. The lowest BCUT2D eigenvalue weighted by Gasteiger charge is -2.26. The fourth-order valence-electron chi connectivity index (χ4n) is 5.96. The smallest absolute Gasteiger partial charge is 0.317 e. The van der Waals surface area contributed by atoms with Gasteiger partial charge in [-0.05, 0) is 57.2 Å². The highest BCUT2D eigenvalue weighted by Gasteiger charge is 2.31. The minimum atomic E-state index is -0.857. The highest BCUT2D eigenvalue weighted by molar-refractivity contribution is 7.80. The average Bonchev–Trinajstić information content (AvgIpc) is 3.61. The number of esters is 1. The molecule has 5 aromatic rings. The van der Waals surface area contributed by atoms with Crippen molar-refractivity contribution in [2.75, 3.05) is 0 Å². The van der Waals surface area contributed by atoms with Gasteiger partial charge in [-0.25, -0.2) is 0 Å². The van der Waals surface area contributed by atoms with Crippen LogP contribution in [0.3, 0.4) is 0 Å². The summed E-state index contributed by atoms with van der Waals surface area (Å²) < 4.78 is 6.39. The Kier molecular flexibility index (Phi) is 9.98. The fourth-order valence-corrected chi connectivity index (χ4v) is 8.44. The van der Waals surface area contributed by atoms with Gasteiger partial charge >= 0.3 is 5.97 Å². The second-order valence-electron chi connectivity index (χ2n) is 11.4. The third-order valence-corrected chi connectivity index (χ3v) is 10.7. The van der Waals surface area contributed by atoms with Crippen LogP contribution in [-0.2, 0) is 9.53 Å². The van der Waals surface area contributed by atoms with E-state index in [-0.39, 0.29) is 5.97 Å². The van der Waals surface area contributed by atoms with Crippen molar-refractivity contribution in [1.29, 1.82) is 0 Å². The number of hydrogen-bond acceptors (Lipinski definition) is 2. The lowest BCUT2D eigenvalue weighted by molar-refractivity contribution is -0.149. The highest BCUT2D eigenvalue weighted by atomic mass is 31.1. The summed E-state index contributed by atoms with van der Waals surface area (Å²) in [6.45, 7) is 8.71. The van der Waals surface area contributed by atoms with Crippen LogP contribution in [0.1, 0.15) is 29.5 Å². The second-order valence-corrected chi connectivity index (χ2v) is 13.6. The number of benzene rings is 5. The highest BCUT2D eigenvalue weighted by Crippen LogP contribution is 2.39. The van der Waals surface area contributed by atoms with E-state index in [9.17, 15) is 4.79 Å². The van der Waals surface area contributed by atoms with Crippen LogP contribution >= 0.6 is 7.92 Å². The summed E-state index contributed by atoms with van der Waals surface area (Å²) in [7, 11) is -0.857. The van der Waals surface area contributed by atoms with Crippen molar-refractivity contribution in [2.45, 2.75) is 18.9 Å². The Labute approximate surface area is 273 Å². The summed E-state index contributed by atoms with van der Waals surface area (Å²) in [5, 5.41) is 3.75. The van der Waals surface area contributed by atoms with Crippen molar-refractivity contribution in [1.82, 2.24) is 0 Å². The van der Waals surface area contributed by atoms with Crippen molar-refractivity contribution in [3.8, 4) is 0 Å². The van der Waals surface area contributed by atoms with Gasteiger partial charge in [-0.15, -0.1) is 0 Å². The zero-order chi connectivity index (χ0) is 31.7. The Morgan fingerprint density at radius 2 is 1.09 bits per heavy atom. The summed E-state index contributed by atoms with van der Waals surface area (Å²) >= 11 is 0. The molecule has 0 saturated carbocycles. The Morgan fingerprint density at radius 1 is 0.630 bits per heavy atom. The Morgan fingerprint density at radius 3 is 1.61 bits per heavy atom. The summed E-state index contributed by atoms with van der Waals surface area (Å²) in [4.78, 5) is 14.1. The normalized spacial score (nSPS) is 13.9. The minimum Gasteiger partial charge on any atom is -0.461 e. The maximum Gasteiger partial charge on any atom is 0.317 e. The lowest BCUT2D eigenvalue weighted by Crippen LogP contribution is -2.27. The molecule has 0 N–H and O–H groups in total. The van der Waals surface area contributed by atoms with E-state index in [0.29, 0.717) is 12.8 Å². The number of ether oxygens (including phenoxy) is 1. The molecule has 0 spiro atoms. The van der Waals surface area contributed by atoms with Crippen LogP contribution in [0.25, 0.3) is 16.7 Å². The van der Waals surface area contributed by atoms with Gasteiger partial charge in [0.1, 0.15) is 12.0 Å². The Hall–Kier alpha value is -5.04. The van der Waals surface area contributed by atoms with Gasteiger partial charge in [-0.1, -0.05) is 177 Å². The Balaban J connectivity index is 1.29. The largest absolute Gasteiger partial charge is 0.461 e. The van der Waals surface area contributed by atoms with E-state index in [1.54, 1.807) is 0 Å². The second kappa shape index (κ2) is 14.8. The molecule has 0 radical (unpaired) electrons. The molecule has 46 heavy (non-hydrogen) atoms. The molecule has 0 aromatic heterocycles. The molecule has 0 bridgehead atoms. The van der Waals surface area contributed by atoms with Crippen molar-refractivity contribution < 1.29 is 9.53 Å². The van der Waals surface area contributed by atoms with E-state index < -0.39 is 19.9 Å². The molecule has 0 saturated heterocycles. The molecular weight excluding hydrogens is 579 g/mol. The molecule has 1 atom stereocenters.